The number of halogens is 4. The number of ether oxygens (including phenoxy) is 1. The van der Waals surface area contributed by atoms with E-state index in [0.717, 1.165) is 45.4 Å². The van der Waals surface area contributed by atoms with Crippen LogP contribution in [0.15, 0.2) is 81.4 Å². The van der Waals surface area contributed by atoms with Gasteiger partial charge in [0.05, 0.1) is 39.5 Å². The van der Waals surface area contributed by atoms with Crippen LogP contribution in [0.2, 0.25) is 5.02 Å². The fourth-order valence-corrected chi connectivity index (χ4v) is 7.45. The number of aliphatic hydroxyl groups is 1. The average molecular weight is 586 g/mol. The molecule has 3 atom stereocenters. The smallest absolute Gasteiger partial charge is 0.406 e. The molecule has 2 aliphatic heterocycles. The highest BCUT2D eigenvalue weighted by molar-refractivity contribution is 7.99. The first-order valence-electron chi connectivity index (χ1n) is 11.5. The van der Waals surface area contributed by atoms with E-state index in [2.05, 4.69) is 9.46 Å². The van der Waals surface area contributed by atoms with Crippen LogP contribution in [0.5, 0.6) is 5.75 Å². The molecule has 2 heterocycles. The second-order valence-electron chi connectivity index (χ2n) is 9.05. The number of anilines is 2. The lowest BCUT2D eigenvalue weighted by molar-refractivity contribution is -0.274. The van der Waals surface area contributed by atoms with Gasteiger partial charge in [-0.2, -0.15) is 0 Å². The number of sulfonamides is 1. The van der Waals surface area contributed by atoms with Gasteiger partial charge >= 0.3 is 6.36 Å². The fourth-order valence-electron chi connectivity index (χ4n) is 4.78. The number of aliphatic hydroxyl groups excluding tert-OH is 1. The van der Waals surface area contributed by atoms with Crippen molar-refractivity contribution in [3.8, 4) is 5.75 Å². The van der Waals surface area contributed by atoms with E-state index in [0.29, 0.717) is 11.6 Å². The van der Waals surface area contributed by atoms with Gasteiger partial charge in [-0.3, -0.25) is 0 Å². The number of hydrogen-bond acceptors (Lipinski definition) is 7. The quantitative estimate of drug-likeness (QED) is 0.442. The number of piperidine rings is 1. The standard InChI is InChI=1S/C25H23ClF3N3O4S2/c1-31-13-18(30-38(34,35)16-11-9-15(10-12-16)36-25(27,28)29)24(33)20(14-31)32-19-6-2-3-7-21(19)37-22-8-4-5-17(26)23(22)32/h2-12,18,20,24,30,33H,13-14H2,1H3/t18-,20+,24+/m0/s1. The SMILES string of the molecule is CN1C[C@H](NS(=O)(=O)c2ccc(OC(F)(F)F)cc2)[C@@H](O)[C@H](N2c3ccccc3Sc3cccc(Cl)c32)C1. The number of nitrogens with zero attached hydrogens (tertiary/aromatic N) is 2. The van der Waals surface area contributed by atoms with Gasteiger partial charge in [-0.1, -0.05) is 41.6 Å². The Balaban J connectivity index is 1.44. The number of benzene rings is 3. The van der Waals surface area contributed by atoms with E-state index in [-0.39, 0.29) is 11.4 Å². The van der Waals surface area contributed by atoms with Crippen LogP contribution < -0.4 is 14.4 Å². The highest BCUT2D eigenvalue weighted by Gasteiger charge is 2.43. The largest absolute Gasteiger partial charge is 0.573 e. The molecule has 2 N–H and O–H groups in total. The van der Waals surface area contributed by atoms with E-state index >= 15 is 0 Å². The van der Waals surface area contributed by atoms with Gasteiger partial charge in [0.1, 0.15) is 5.75 Å². The maximum atomic E-state index is 13.1. The van der Waals surface area contributed by atoms with Crippen molar-refractivity contribution in [2.24, 2.45) is 0 Å². The zero-order chi connectivity index (χ0) is 27.2. The second kappa shape index (κ2) is 10.2. The van der Waals surface area contributed by atoms with Crippen molar-refractivity contribution < 1.29 is 31.4 Å². The van der Waals surface area contributed by atoms with Gasteiger partial charge in [-0.25, -0.2) is 13.1 Å². The average Bonchev–Trinajstić information content (AvgIpc) is 2.84. The normalized spacial score (nSPS) is 22.1. The molecular weight excluding hydrogens is 563 g/mol. The van der Waals surface area contributed by atoms with Crippen LogP contribution in [-0.4, -0.2) is 63.1 Å². The van der Waals surface area contributed by atoms with Gasteiger partial charge in [0.2, 0.25) is 10.0 Å². The van der Waals surface area contributed by atoms with E-state index < -0.39 is 40.3 Å². The molecule has 0 saturated carbocycles. The summed E-state index contributed by atoms with van der Waals surface area (Å²) in [6.45, 7) is 0.637. The molecule has 3 aromatic rings. The summed E-state index contributed by atoms with van der Waals surface area (Å²) in [6.07, 6.45) is -6.04. The molecule has 1 fully saturated rings. The molecule has 0 aromatic heterocycles. The van der Waals surface area contributed by atoms with Gasteiger partial charge < -0.3 is 19.6 Å². The van der Waals surface area contributed by atoms with Gasteiger partial charge in [0.25, 0.3) is 0 Å². The van der Waals surface area contributed by atoms with Crippen LogP contribution in [0.25, 0.3) is 0 Å². The van der Waals surface area contributed by atoms with Crippen molar-refractivity contribution in [1.29, 1.82) is 0 Å². The Kier molecular flexibility index (Phi) is 7.31. The van der Waals surface area contributed by atoms with Crippen LogP contribution in [0, 0.1) is 0 Å². The number of nitrogens with one attached hydrogen (secondary N) is 1. The minimum absolute atomic E-state index is 0.214. The number of hydrogen-bond donors (Lipinski definition) is 2. The highest BCUT2D eigenvalue weighted by atomic mass is 35.5. The Morgan fingerprint density at radius 2 is 1.71 bits per heavy atom. The third-order valence-corrected chi connectivity index (χ3v) is 9.28. The zero-order valence-electron chi connectivity index (χ0n) is 19.9. The molecule has 13 heteroatoms. The predicted molar refractivity (Wildman–Crippen MR) is 139 cm³/mol. The first-order valence-corrected chi connectivity index (χ1v) is 14.2. The van der Waals surface area contributed by atoms with Crippen molar-refractivity contribution in [2.75, 3.05) is 25.0 Å². The van der Waals surface area contributed by atoms with E-state index in [9.17, 15) is 26.7 Å². The predicted octanol–water partition coefficient (Wildman–Crippen LogP) is 4.86. The number of para-hydroxylation sites is 2. The number of likely N-dealkylation sites (N-methyl/N-ethyl adjacent to an activating group) is 1. The molecule has 202 valence electrons. The topological polar surface area (TPSA) is 82.1 Å². The monoisotopic (exact) mass is 585 g/mol. The van der Waals surface area contributed by atoms with E-state index in [4.69, 9.17) is 11.6 Å². The van der Waals surface area contributed by atoms with Crippen LogP contribution in [-0.2, 0) is 10.0 Å². The summed E-state index contributed by atoms with van der Waals surface area (Å²) in [5.41, 5.74) is 1.58. The summed E-state index contributed by atoms with van der Waals surface area (Å²) < 4.78 is 70.0. The minimum Gasteiger partial charge on any atom is -0.406 e. The molecule has 0 bridgehead atoms. The Hall–Kier alpha value is -2.48. The molecule has 7 nitrogen and oxygen atoms in total. The van der Waals surface area contributed by atoms with E-state index in [1.807, 2.05) is 53.2 Å². The summed E-state index contributed by atoms with van der Waals surface area (Å²) >= 11 is 8.21. The molecular formula is C25H23ClF3N3O4S2. The third-order valence-electron chi connectivity index (χ3n) is 6.35. The van der Waals surface area contributed by atoms with Crippen LogP contribution in [0.1, 0.15) is 0 Å². The van der Waals surface area contributed by atoms with E-state index in [1.54, 1.807) is 17.8 Å². The first kappa shape index (κ1) is 27.1. The molecule has 0 amide bonds. The van der Waals surface area contributed by atoms with E-state index in [1.165, 1.54) is 0 Å². The molecule has 0 aliphatic carbocycles. The van der Waals surface area contributed by atoms with Crippen molar-refractivity contribution in [2.45, 2.75) is 39.2 Å². The molecule has 38 heavy (non-hydrogen) atoms. The molecule has 0 unspecified atom stereocenters. The summed E-state index contributed by atoms with van der Waals surface area (Å²) in [7, 11) is -2.36. The number of likely N-dealkylation sites (tertiary alicyclic amines) is 1. The van der Waals surface area contributed by atoms with Crippen molar-refractivity contribution in [3.05, 3.63) is 71.8 Å². The van der Waals surface area contributed by atoms with Crippen molar-refractivity contribution in [1.82, 2.24) is 9.62 Å². The third kappa shape index (κ3) is 5.47. The zero-order valence-corrected chi connectivity index (χ0v) is 22.3. The molecule has 0 radical (unpaired) electrons. The molecule has 3 aromatic carbocycles. The van der Waals surface area contributed by atoms with Gasteiger partial charge in [-0.15, -0.1) is 13.2 Å². The minimum atomic E-state index is -4.89. The second-order valence-corrected chi connectivity index (χ2v) is 12.3. The Labute approximate surface area is 227 Å². The summed E-state index contributed by atoms with van der Waals surface area (Å²) in [6, 6.07) is 15.7. The number of rotatable bonds is 5. The Morgan fingerprint density at radius 3 is 2.42 bits per heavy atom. The van der Waals surface area contributed by atoms with Gasteiger partial charge in [0, 0.05) is 22.9 Å². The molecule has 2 aliphatic rings. The lowest BCUT2D eigenvalue weighted by Gasteiger charge is -2.47. The van der Waals surface area contributed by atoms with Crippen molar-refractivity contribution in [3.63, 3.8) is 0 Å². The van der Waals surface area contributed by atoms with Crippen LogP contribution >= 0.6 is 23.4 Å². The number of fused-ring (bicyclic) bond motifs is 2. The summed E-state index contributed by atoms with van der Waals surface area (Å²) in [4.78, 5) is 5.51. The maximum Gasteiger partial charge on any atom is 0.573 e. The Morgan fingerprint density at radius 1 is 1.03 bits per heavy atom. The van der Waals surface area contributed by atoms with Crippen molar-refractivity contribution >= 4 is 44.8 Å². The lowest BCUT2D eigenvalue weighted by Crippen LogP contribution is -2.64. The summed E-state index contributed by atoms with van der Waals surface area (Å²) in [5, 5.41) is 12.0. The van der Waals surface area contributed by atoms with Gasteiger partial charge in [0.15, 0.2) is 0 Å². The lowest BCUT2D eigenvalue weighted by atomic mass is 9.95. The van der Waals surface area contributed by atoms with Crippen LogP contribution in [0.3, 0.4) is 0 Å². The number of alkyl halides is 3. The summed E-state index contributed by atoms with van der Waals surface area (Å²) in [5.74, 6) is -0.536. The molecule has 5 rings (SSSR count). The van der Waals surface area contributed by atoms with Crippen LogP contribution in [0.4, 0.5) is 24.5 Å². The Bertz CT molecular complexity index is 1440. The van der Waals surface area contributed by atoms with Gasteiger partial charge in [-0.05, 0) is 55.6 Å². The molecule has 0 spiro atoms. The molecule has 1 saturated heterocycles. The highest BCUT2D eigenvalue weighted by Crippen LogP contribution is 2.52. The fraction of sp³-hybridized carbons (Fsp3) is 0.280. The maximum absolute atomic E-state index is 13.1. The first-order chi connectivity index (χ1) is 17.9.